The topological polar surface area (TPSA) is 89.8 Å². The lowest BCUT2D eigenvalue weighted by atomic mass is 9.99. The molecule has 2 N–H and O–H groups in total. The lowest BCUT2D eigenvalue weighted by molar-refractivity contribution is -0.685. The Morgan fingerprint density at radius 1 is 0.739 bits per heavy atom. The molecular formula is C37H66ClN3O5. The molecule has 266 valence electrons. The van der Waals surface area contributed by atoms with E-state index in [9.17, 15) is 9.59 Å². The number of alkyl carbamates (subject to hydrolysis) is 2. The highest BCUT2D eigenvalue weighted by atomic mass is 35.5. The van der Waals surface area contributed by atoms with Crippen molar-refractivity contribution in [1.29, 1.82) is 0 Å². The SMILES string of the molecule is CCCCCCCCCCCCCCCCCCNC(=O)OCC1(C)CCC(C)(COC(=O)NCc2cc(C)cc(C)[n+]2C)O1.[Cl-]. The normalized spacial score (nSPS) is 19.0. The fourth-order valence-electron chi connectivity index (χ4n) is 6.22. The summed E-state index contributed by atoms with van der Waals surface area (Å²) >= 11 is 0. The van der Waals surface area contributed by atoms with Crippen LogP contribution >= 0.6 is 0 Å². The number of aryl methyl sites for hydroxylation is 2. The molecule has 46 heavy (non-hydrogen) atoms. The Kier molecular flexibility index (Phi) is 21.3. The molecule has 0 bridgehead atoms. The van der Waals surface area contributed by atoms with Crippen LogP contribution in [-0.4, -0.2) is 43.1 Å². The third-order valence-corrected chi connectivity index (χ3v) is 9.20. The summed E-state index contributed by atoms with van der Waals surface area (Å²) < 4.78 is 19.3. The summed E-state index contributed by atoms with van der Waals surface area (Å²) in [4.78, 5) is 24.7. The van der Waals surface area contributed by atoms with Crippen LogP contribution in [0.2, 0.25) is 0 Å². The Balaban J connectivity index is 0.0000106. The minimum Gasteiger partial charge on any atom is -1.00 e. The summed E-state index contributed by atoms with van der Waals surface area (Å²) in [6.07, 6.45) is 21.9. The number of hydrogen-bond acceptors (Lipinski definition) is 5. The molecule has 8 nitrogen and oxygen atoms in total. The van der Waals surface area contributed by atoms with Gasteiger partial charge in [0.1, 0.15) is 38.0 Å². The predicted molar refractivity (Wildman–Crippen MR) is 181 cm³/mol. The van der Waals surface area contributed by atoms with Crippen molar-refractivity contribution in [2.45, 2.75) is 168 Å². The quantitative estimate of drug-likeness (QED) is 0.116. The Morgan fingerprint density at radius 2 is 1.17 bits per heavy atom. The Labute approximate surface area is 286 Å². The highest BCUT2D eigenvalue weighted by molar-refractivity contribution is 5.67. The Morgan fingerprint density at radius 3 is 1.65 bits per heavy atom. The fraction of sp³-hybridized carbons (Fsp3) is 0.811. The molecule has 1 saturated heterocycles. The van der Waals surface area contributed by atoms with Crippen molar-refractivity contribution in [3.05, 3.63) is 29.1 Å². The largest absolute Gasteiger partial charge is 1.00 e. The first-order valence-corrected chi connectivity index (χ1v) is 18.0. The minimum atomic E-state index is -0.621. The van der Waals surface area contributed by atoms with Gasteiger partial charge in [-0.1, -0.05) is 103 Å². The second kappa shape index (κ2) is 23.3. The number of hydrogen-bond donors (Lipinski definition) is 2. The summed E-state index contributed by atoms with van der Waals surface area (Å²) in [5.41, 5.74) is 2.06. The number of nitrogens with one attached hydrogen (secondary N) is 2. The summed E-state index contributed by atoms with van der Waals surface area (Å²) in [5.74, 6) is 0. The van der Waals surface area contributed by atoms with E-state index in [1.807, 2.05) is 34.7 Å². The van der Waals surface area contributed by atoms with Gasteiger partial charge in [0.15, 0.2) is 5.69 Å². The third-order valence-electron chi connectivity index (χ3n) is 9.20. The second-order valence-electron chi connectivity index (χ2n) is 14.0. The van der Waals surface area contributed by atoms with E-state index in [1.165, 1.54) is 89.9 Å². The molecule has 9 heteroatoms. The smallest absolute Gasteiger partial charge is 0.407 e. The first kappa shape index (κ1) is 42.0. The van der Waals surface area contributed by atoms with Crippen molar-refractivity contribution in [2.75, 3.05) is 19.8 Å². The molecule has 1 fully saturated rings. The van der Waals surface area contributed by atoms with Gasteiger partial charge in [-0.2, -0.15) is 0 Å². The summed E-state index contributed by atoms with van der Waals surface area (Å²) in [6.45, 7) is 11.6. The van der Waals surface area contributed by atoms with Crippen molar-refractivity contribution in [1.82, 2.24) is 10.6 Å². The molecule has 2 heterocycles. The maximum Gasteiger partial charge on any atom is 0.407 e. The standard InChI is InChI=1S/C37H65N3O5.ClH/c1-7-8-9-10-11-12-13-14-15-16-17-18-19-20-21-22-25-38-34(41)43-29-36(4)23-24-37(5,45-36)30-44-35(42)39-28-33-27-31(2)26-32(3)40(33)6;/h26-27H,7-25,28-30H2,1-6H3,(H-,38,39,41,42);1H. The molecule has 0 radical (unpaired) electrons. The van der Waals surface area contributed by atoms with Crippen molar-refractivity contribution in [2.24, 2.45) is 7.05 Å². The van der Waals surface area contributed by atoms with Crippen LogP contribution in [0.4, 0.5) is 9.59 Å². The van der Waals surface area contributed by atoms with Crippen LogP contribution in [0.3, 0.4) is 0 Å². The number of rotatable bonds is 23. The van der Waals surface area contributed by atoms with Gasteiger partial charge in [0.05, 0.1) is 0 Å². The van der Waals surface area contributed by atoms with E-state index in [4.69, 9.17) is 14.2 Å². The van der Waals surface area contributed by atoms with E-state index in [-0.39, 0.29) is 25.6 Å². The van der Waals surface area contributed by atoms with Crippen molar-refractivity contribution < 1.29 is 40.8 Å². The van der Waals surface area contributed by atoms with Crippen LogP contribution < -0.4 is 27.6 Å². The predicted octanol–water partition coefficient (Wildman–Crippen LogP) is 5.67. The average Bonchev–Trinajstić information content (AvgIpc) is 3.32. The van der Waals surface area contributed by atoms with Gasteiger partial charge in [-0.25, -0.2) is 14.2 Å². The van der Waals surface area contributed by atoms with E-state index in [1.54, 1.807) is 0 Å². The molecule has 2 atom stereocenters. The number of unbranched alkanes of at least 4 members (excludes halogenated alkanes) is 15. The van der Waals surface area contributed by atoms with E-state index >= 15 is 0 Å². The van der Waals surface area contributed by atoms with Gasteiger partial charge in [-0.05, 0) is 45.6 Å². The van der Waals surface area contributed by atoms with Gasteiger partial charge in [-0.3, -0.25) is 0 Å². The summed E-state index contributed by atoms with van der Waals surface area (Å²) in [6, 6.07) is 4.16. The molecule has 0 aliphatic carbocycles. The molecule has 1 aromatic heterocycles. The zero-order valence-corrected chi connectivity index (χ0v) is 30.8. The van der Waals surface area contributed by atoms with Crippen LogP contribution in [-0.2, 0) is 27.8 Å². The second-order valence-corrected chi connectivity index (χ2v) is 14.0. The zero-order valence-electron chi connectivity index (χ0n) is 30.1. The van der Waals surface area contributed by atoms with Crippen LogP contribution in [0.5, 0.6) is 0 Å². The average molecular weight is 668 g/mol. The Bertz CT molecular complexity index is 1010. The van der Waals surface area contributed by atoms with E-state index in [2.05, 4.69) is 34.3 Å². The molecule has 0 saturated carbocycles. The first-order valence-electron chi connectivity index (χ1n) is 18.0. The number of carbonyl (C=O) groups is 2. The fourth-order valence-corrected chi connectivity index (χ4v) is 6.22. The third kappa shape index (κ3) is 17.7. The maximum absolute atomic E-state index is 12.4. The van der Waals surface area contributed by atoms with Crippen LogP contribution in [0.1, 0.15) is 153 Å². The van der Waals surface area contributed by atoms with Crippen LogP contribution in [0.25, 0.3) is 0 Å². The number of pyridine rings is 1. The van der Waals surface area contributed by atoms with Gasteiger partial charge in [0.25, 0.3) is 0 Å². The molecular weight excluding hydrogens is 602 g/mol. The molecule has 1 aliphatic rings. The lowest BCUT2D eigenvalue weighted by Gasteiger charge is -2.29. The van der Waals surface area contributed by atoms with Gasteiger partial charge >= 0.3 is 12.2 Å². The molecule has 2 rings (SSSR count). The molecule has 1 aliphatic heterocycles. The Hall–Kier alpha value is -2.06. The number of carbonyl (C=O) groups excluding carboxylic acids is 2. The monoisotopic (exact) mass is 667 g/mol. The number of aromatic nitrogens is 1. The molecule has 0 aromatic carbocycles. The molecule has 2 unspecified atom stereocenters. The van der Waals surface area contributed by atoms with Crippen LogP contribution in [0, 0.1) is 13.8 Å². The number of nitrogens with zero attached hydrogens (tertiary/aromatic N) is 1. The van der Waals surface area contributed by atoms with Gasteiger partial charge in [0, 0.05) is 25.6 Å². The summed E-state index contributed by atoms with van der Waals surface area (Å²) in [7, 11) is 1.98. The molecule has 2 amide bonds. The molecule has 0 spiro atoms. The highest BCUT2D eigenvalue weighted by Crippen LogP contribution is 2.38. The number of amides is 2. The van der Waals surface area contributed by atoms with Gasteiger partial charge < -0.3 is 37.3 Å². The van der Waals surface area contributed by atoms with Gasteiger partial charge in [-0.15, -0.1) is 0 Å². The van der Waals surface area contributed by atoms with Crippen molar-refractivity contribution in [3.63, 3.8) is 0 Å². The van der Waals surface area contributed by atoms with Gasteiger partial charge in [0.2, 0.25) is 5.69 Å². The lowest BCUT2D eigenvalue weighted by Crippen LogP contribution is -3.00. The highest BCUT2D eigenvalue weighted by Gasteiger charge is 2.45. The maximum atomic E-state index is 12.4. The zero-order chi connectivity index (χ0) is 33.0. The number of ether oxygens (including phenoxy) is 3. The van der Waals surface area contributed by atoms with E-state index < -0.39 is 23.4 Å². The van der Waals surface area contributed by atoms with Crippen molar-refractivity contribution >= 4 is 12.2 Å². The summed E-state index contributed by atoms with van der Waals surface area (Å²) in [5, 5.41) is 5.71. The van der Waals surface area contributed by atoms with Crippen molar-refractivity contribution in [3.8, 4) is 0 Å². The van der Waals surface area contributed by atoms with Crippen LogP contribution in [0.15, 0.2) is 12.1 Å². The van der Waals surface area contributed by atoms with E-state index in [0.29, 0.717) is 19.5 Å². The number of halogens is 1. The minimum absolute atomic E-state index is 0. The van der Waals surface area contributed by atoms with E-state index in [0.717, 1.165) is 36.2 Å². The first-order chi connectivity index (χ1) is 21.6. The molecule has 1 aromatic rings.